The summed E-state index contributed by atoms with van der Waals surface area (Å²) in [6.45, 7) is 2.62. The Morgan fingerprint density at radius 3 is 2.92 bits per heavy atom. The van der Waals surface area contributed by atoms with E-state index in [-0.39, 0.29) is 18.2 Å². The summed E-state index contributed by atoms with van der Waals surface area (Å²) in [5.74, 6) is -0.400. The van der Waals surface area contributed by atoms with Crippen LogP contribution in [-0.4, -0.2) is 35.4 Å². The summed E-state index contributed by atoms with van der Waals surface area (Å²) in [7, 11) is 0. The maximum atomic E-state index is 12.6. The first-order chi connectivity index (χ1) is 12.5. The van der Waals surface area contributed by atoms with Crippen molar-refractivity contribution in [2.45, 2.75) is 32.2 Å². The van der Waals surface area contributed by atoms with E-state index in [1.165, 1.54) is 0 Å². The second kappa shape index (κ2) is 6.53. The monoisotopic (exact) mass is 370 g/mol. The Bertz CT molecular complexity index is 908. The molecule has 2 N–H and O–H groups in total. The highest BCUT2D eigenvalue weighted by atomic mass is 32.1. The van der Waals surface area contributed by atoms with Crippen molar-refractivity contribution in [1.29, 1.82) is 0 Å². The number of benzene rings is 1. The number of carbonyl (C=O) groups excluding carboxylic acids is 3. The SMILES string of the molecule is Cc1nc(-c2ccc3c(c2)CCN3C(=O)CC[C@@H]2NC(=O)NC2=O)cs1. The fourth-order valence-electron chi connectivity index (χ4n) is 3.38. The van der Waals surface area contributed by atoms with Crippen molar-refractivity contribution < 1.29 is 14.4 Å². The Balaban J connectivity index is 1.45. The van der Waals surface area contributed by atoms with Crippen LogP contribution in [0.25, 0.3) is 11.3 Å². The number of fused-ring (bicyclic) bond motifs is 1. The lowest BCUT2D eigenvalue weighted by Crippen LogP contribution is -2.33. The van der Waals surface area contributed by atoms with Crippen LogP contribution in [0.1, 0.15) is 23.4 Å². The first-order valence-corrected chi connectivity index (χ1v) is 9.36. The number of carbonyl (C=O) groups is 3. The fourth-order valence-corrected chi connectivity index (χ4v) is 4.00. The quantitative estimate of drug-likeness (QED) is 0.805. The number of amides is 4. The first-order valence-electron chi connectivity index (χ1n) is 8.48. The van der Waals surface area contributed by atoms with Crippen LogP contribution in [0, 0.1) is 6.92 Å². The number of thiazole rings is 1. The molecule has 0 unspecified atom stereocenters. The molecule has 1 fully saturated rings. The molecular weight excluding hydrogens is 352 g/mol. The van der Waals surface area contributed by atoms with Gasteiger partial charge in [0.25, 0.3) is 5.91 Å². The zero-order valence-electron chi connectivity index (χ0n) is 14.2. The van der Waals surface area contributed by atoms with Crippen LogP contribution in [0.3, 0.4) is 0 Å². The van der Waals surface area contributed by atoms with Gasteiger partial charge in [0.1, 0.15) is 6.04 Å². The zero-order chi connectivity index (χ0) is 18.3. The third-order valence-electron chi connectivity index (χ3n) is 4.70. The average Bonchev–Trinajstić information content (AvgIpc) is 3.30. The molecule has 2 aromatic rings. The number of nitrogens with zero attached hydrogens (tertiary/aromatic N) is 2. The summed E-state index contributed by atoms with van der Waals surface area (Å²) in [6.07, 6.45) is 1.32. The number of nitrogens with one attached hydrogen (secondary N) is 2. The van der Waals surface area contributed by atoms with E-state index in [4.69, 9.17) is 0 Å². The van der Waals surface area contributed by atoms with Crippen LogP contribution in [-0.2, 0) is 16.0 Å². The van der Waals surface area contributed by atoms with E-state index in [2.05, 4.69) is 21.7 Å². The lowest BCUT2D eigenvalue weighted by molar-refractivity contribution is -0.121. The molecule has 0 radical (unpaired) electrons. The molecule has 0 saturated carbocycles. The lowest BCUT2D eigenvalue weighted by atomic mass is 10.1. The second-order valence-corrected chi connectivity index (χ2v) is 7.51. The highest BCUT2D eigenvalue weighted by molar-refractivity contribution is 7.09. The number of aryl methyl sites for hydroxylation is 1. The molecule has 7 nitrogen and oxygen atoms in total. The minimum atomic E-state index is -0.621. The van der Waals surface area contributed by atoms with Gasteiger partial charge in [-0.25, -0.2) is 9.78 Å². The van der Waals surface area contributed by atoms with Crippen molar-refractivity contribution >= 4 is 34.9 Å². The van der Waals surface area contributed by atoms with Crippen LogP contribution < -0.4 is 15.5 Å². The van der Waals surface area contributed by atoms with Crippen LogP contribution in [0.5, 0.6) is 0 Å². The van der Waals surface area contributed by atoms with E-state index in [9.17, 15) is 14.4 Å². The lowest BCUT2D eigenvalue weighted by Gasteiger charge is -2.18. The molecule has 1 atom stereocenters. The van der Waals surface area contributed by atoms with Crippen molar-refractivity contribution in [1.82, 2.24) is 15.6 Å². The Morgan fingerprint density at radius 1 is 1.38 bits per heavy atom. The molecule has 3 heterocycles. The van der Waals surface area contributed by atoms with Gasteiger partial charge in [-0.2, -0.15) is 0 Å². The van der Waals surface area contributed by atoms with Crippen molar-refractivity contribution in [2.24, 2.45) is 0 Å². The van der Waals surface area contributed by atoms with Gasteiger partial charge in [-0.15, -0.1) is 11.3 Å². The van der Waals surface area contributed by atoms with Crippen molar-refractivity contribution in [3.8, 4) is 11.3 Å². The normalized spacial score (nSPS) is 18.7. The van der Waals surface area contributed by atoms with Crippen molar-refractivity contribution in [3.05, 3.63) is 34.2 Å². The average molecular weight is 370 g/mol. The van der Waals surface area contributed by atoms with Crippen LogP contribution in [0.4, 0.5) is 10.5 Å². The van der Waals surface area contributed by atoms with E-state index in [0.717, 1.165) is 33.9 Å². The zero-order valence-corrected chi connectivity index (χ0v) is 15.1. The molecule has 2 aliphatic heterocycles. The largest absolute Gasteiger partial charge is 0.326 e. The molecule has 4 amide bonds. The standard InChI is InChI=1S/C18H18N4O3S/c1-10-19-14(9-26-10)11-2-4-15-12(8-11)6-7-22(15)16(23)5-3-13-17(24)21-18(25)20-13/h2,4,8-9,13H,3,5-7H2,1H3,(H2,20,21,24,25)/t13-/m0/s1. The molecule has 0 bridgehead atoms. The highest BCUT2D eigenvalue weighted by Crippen LogP contribution is 2.33. The molecule has 1 aromatic carbocycles. The van der Waals surface area contributed by atoms with E-state index >= 15 is 0 Å². The molecule has 2 aliphatic rings. The fraction of sp³-hybridized carbons (Fsp3) is 0.333. The smallest absolute Gasteiger partial charge is 0.322 e. The molecule has 0 spiro atoms. The summed E-state index contributed by atoms with van der Waals surface area (Å²) in [6, 6.07) is 4.94. The molecule has 8 heteroatoms. The minimum absolute atomic E-state index is 0.0325. The van der Waals surface area contributed by atoms with E-state index < -0.39 is 12.1 Å². The Kier molecular flexibility index (Phi) is 4.20. The number of urea groups is 1. The number of aromatic nitrogens is 1. The maximum Gasteiger partial charge on any atom is 0.322 e. The number of hydrogen-bond acceptors (Lipinski definition) is 5. The summed E-state index contributed by atoms with van der Waals surface area (Å²) in [4.78, 5) is 41.6. The Hall–Kier alpha value is -2.74. The van der Waals surface area contributed by atoms with Gasteiger partial charge in [0.05, 0.1) is 10.7 Å². The summed E-state index contributed by atoms with van der Waals surface area (Å²) < 4.78 is 0. The Morgan fingerprint density at radius 2 is 2.23 bits per heavy atom. The summed E-state index contributed by atoms with van der Waals surface area (Å²) in [5, 5.41) is 7.77. The van der Waals surface area contributed by atoms with Gasteiger partial charge in [0, 0.05) is 29.6 Å². The van der Waals surface area contributed by atoms with Crippen molar-refractivity contribution in [2.75, 3.05) is 11.4 Å². The summed E-state index contributed by atoms with van der Waals surface area (Å²) >= 11 is 1.62. The van der Waals surface area contributed by atoms with Crippen LogP contribution in [0.2, 0.25) is 0 Å². The number of imide groups is 1. The molecule has 1 aromatic heterocycles. The third kappa shape index (κ3) is 3.08. The molecule has 4 rings (SSSR count). The Labute approximate surface area is 154 Å². The third-order valence-corrected chi connectivity index (χ3v) is 5.47. The molecule has 134 valence electrons. The second-order valence-electron chi connectivity index (χ2n) is 6.44. The highest BCUT2D eigenvalue weighted by Gasteiger charge is 2.31. The van der Waals surface area contributed by atoms with E-state index in [1.54, 1.807) is 16.2 Å². The van der Waals surface area contributed by atoms with Gasteiger partial charge in [-0.1, -0.05) is 6.07 Å². The molecular formula is C18H18N4O3S. The van der Waals surface area contributed by atoms with E-state index in [0.29, 0.717) is 13.0 Å². The van der Waals surface area contributed by atoms with Crippen LogP contribution in [0.15, 0.2) is 23.6 Å². The van der Waals surface area contributed by atoms with Crippen molar-refractivity contribution in [3.63, 3.8) is 0 Å². The molecule has 1 saturated heterocycles. The van der Waals surface area contributed by atoms with Gasteiger partial charge in [0.15, 0.2) is 0 Å². The van der Waals surface area contributed by atoms with E-state index in [1.807, 2.05) is 24.4 Å². The predicted molar refractivity (Wildman–Crippen MR) is 98.0 cm³/mol. The molecule has 0 aliphatic carbocycles. The predicted octanol–water partition coefficient (Wildman–Crippen LogP) is 2.00. The van der Waals surface area contributed by atoms with Gasteiger partial charge in [-0.3, -0.25) is 14.9 Å². The minimum Gasteiger partial charge on any atom is -0.326 e. The maximum absolute atomic E-state index is 12.6. The topological polar surface area (TPSA) is 91.4 Å². The van der Waals surface area contributed by atoms with Gasteiger partial charge in [0.2, 0.25) is 5.91 Å². The van der Waals surface area contributed by atoms with Crippen LogP contribution >= 0.6 is 11.3 Å². The van der Waals surface area contributed by atoms with Gasteiger partial charge >= 0.3 is 6.03 Å². The van der Waals surface area contributed by atoms with Gasteiger partial charge < -0.3 is 10.2 Å². The number of anilines is 1. The van der Waals surface area contributed by atoms with Gasteiger partial charge in [-0.05, 0) is 37.5 Å². The summed E-state index contributed by atoms with van der Waals surface area (Å²) in [5.41, 5.74) is 4.08. The number of hydrogen-bond donors (Lipinski definition) is 2. The molecule has 26 heavy (non-hydrogen) atoms. The first kappa shape index (κ1) is 16.7. The number of rotatable bonds is 4.